The van der Waals surface area contributed by atoms with Crippen LogP contribution in [-0.4, -0.2) is 49.3 Å². The van der Waals surface area contributed by atoms with Gasteiger partial charge in [-0.1, -0.05) is 0 Å². The number of hydrogen-bond donors (Lipinski definition) is 1. The van der Waals surface area contributed by atoms with Crippen LogP contribution in [-0.2, 0) is 4.74 Å². The minimum atomic E-state index is 0.0719. The number of anilines is 1. The van der Waals surface area contributed by atoms with Crippen molar-refractivity contribution in [2.24, 2.45) is 0 Å². The molecule has 0 atom stereocenters. The largest absolute Gasteiger partial charge is 0.381 e. The molecule has 1 saturated heterocycles. The van der Waals surface area contributed by atoms with Crippen LogP contribution in [0.5, 0.6) is 0 Å². The normalized spacial score (nSPS) is 18.0. The Hall–Kier alpha value is -1.64. The van der Waals surface area contributed by atoms with Crippen LogP contribution in [0.25, 0.3) is 0 Å². The van der Waals surface area contributed by atoms with Gasteiger partial charge >= 0.3 is 0 Å². The summed E-state index contributed by atoms with van der Waals surface area (Å²) in [5, 5.41) is 12.4. The lowest BCUT2D eigenvalue weighted by Gasteiger charge is -2.43. The monoisotopic (exact) mass is 260 g/mol. The first-order valence-corrected chi connectivity index (χ1v) is 6.52. The Bertz CT molecular complexity index is 461. The average molecular weight is 260 g/mol. The molecule has 5 heteroatoms. The zero-order chi connectivity index (χ0) is 13.7. The molecule has 19 heavy (non-hydrogen) atoms. The van der Waals surface area contributed by atoms with Crippen LogP contribution < -0.4 is 5.32 Å². The first kappa shape index (κ1) is 13.8. The molecule has 2 heterocycles. The lowest BCUT2D eigenvalue weighted by atomic mass is 9.88. The molecular formula is C14H20N4O. The molecule has 0 amide bonds. The number of likely N-dealkylation sites (N-methyl/N-ethyl adjacent to an activating group) is 1. The lowest BCUT2D eigenvalue weighted by Crippen LogP contribution is -2.53. The molecular weight excluding hydrogens is 240 g/mol. The Labute approximate surface area is 114 Å². The van der Waals surface area contributed by atoms with Crippen molar-refractivity contribution in [2.45, 2.75) is 18.4 Å². The summed E-state index contributed by atoms with van der Waals surface area (Å²) in [4.78, 5) is 6.49. The molecule has 5 nitrogen and oxygen atoms in total. The van der Waals surface area contributed by atoms with Gasteiger partial charge in [-0.2, -0.15) is 5.26 Å². The van der Waals surface area contributed by atoms with Crippen molar-refractivity contribution in [3.05, 3.63) is 23.9 Å². The third-order valence-electron chi connectivity index (χ3n) is 3.89. The van der Waals surface area contributed by atoms with E-state index in [2.05, 4.69) is 35.4 Å². The highest BCUT2D eigenvalue weighted by Crippen LogP contribution is 2.26. The molecule has 1 aromatic heterocycles. The number of pyridine rings is 1. The zero-order valence-electron chi connectivity index (χ0n) is 11.5. The Balaban J connectivity index is 2.09. The number of rotatable bonds is 4. The standard InChI is InChI=1S/C14H20N4O/c1-18(2)14(5-8-19-9-6-14)11-17-13-12(10-15)4-3-7-16-13/h3-4,7H,5-6,8-9,11H2,1-2H3,(H,16,17). The molecule has 0 radical (unpaired) electrons. The summed E-state index contributed by atoms with van der Waals surface area (Å²) in [5.41, 5.74) is 0.658. The highest BCUT2D eigenvalue weighted by molar-refractivity contribution is 5.51. The Morgan fingerprint density at radius 2 is 2.21 bits per heavy atom. The molecule has 2 rings (SSSR count). The maximum atomic E-state index is 9.07. The fraction of sp³-hybridized carbons (Fsp3) is 0.571. The summed E-state index contributed by atoms with van der Waals surface area (Å²) in [7, 11) is 4.19. The van der Waals surface area contributed by atoms with Crippen molar-refractivity contribution in [3.63, 3.8) is 0 Å². The topological polar surface area (TPSA) is 61.2 Å². The summed E-state index contributed by atoms with van der Waals surface area (Å²) < 4.78 is 5.45. The molecule has 0 aromatic carbocycles. The number of nitrogens with zero attached hydrogens (tertiary/aromatic N) is 3. The van der Waals surface area contributed by atoms with Crippen molar-refractivity contribution in [3.8, 4) is 6.07 Å². The van der Waals surface area contributed by atoms with Crippen molar-refractivity contribution in [1.82, 2.24) is 9.88 Å². The van der Waals surface area contributed by atoms with E-state index in [1.807, 2.05) is 0 Å². The molecule has 0 saturated carbocycles. The van der Waals surface area contributed by atoms with Crippen LogP contribution in [0.4, 0.5) is 5.82 Å². The average Bonchev–Trinajstić information content (AvgIpc) is 2.46. The maximum Gasteiger partial charge on any atom is 0.143 e. The van der Waals surface area contributed by atoms with Gasteiger partial charge in [0.25, 0.3) is 0 Å². The summed E-state index contributed by atoms with van der Waals surface area (Å²) in [5.74, 6) is 0.665. The maximum absolute atomic E-state index is 9.07. The lowest BCUT2D eigenvalue weighted by molar-refractivity contribution is -0.000665. The van der Waals surface area contributed by atoms with Gasteiger partial charge in [-0.05, 0) is 39.1 Å². The first-order chi connectivity index (χ1) is 9.18. The second-order valence-electron chi connectivity index (χ2n) is 5.10. The van der Waals surface area contributed by atoms with E-state index in [4.69, 9.17) is 10.00 Å². The van der Waals surface area contributed by atoms with Gasteiger partial charge in [0.15, 0.2) is 0 Å². The fourth-order valence-corrected chi connectivity index (χ4v) is 2.42. The van der Waals surface area contributed by atoms with E-state index >= 15 is 0 Å². The quantitative estimate of drug-likeness (QED) is 0.888. The third kappa shape index (κ3) is 3.03. The molecule has 0 unspecified atom stereocenters. The summed E-state index contributed by atoms with van der Waals surface area (Å²) in [6, 6.07) is 5.72. The fourth-order valence-electron chi connectivity index (χ4n) is 2.42. The SMILES string of the molecule is CN(C)C1(CNc2ncccc2C#N)CCOCC1. The van der Waals surface area contributed by atoms with Crippen LogP contribution >= 0.6 is 0 Å². The highest BCUT2D eigenvalue weighted by Gasteiger charge is 2.34. The van der Waals surface area contributed by atoms with E-state index < -0.39 is 0 Å². The van der Waals surface area contributed by atoms with Crippen LogP contribution in [0, 0.1) is 11.3 Å². The molecule has 102 valence electrons. The second kappa shape index (κ2) is 6.00. The molecule has 1 aliphatic rings. The Morgan fingerprint density at radius 3 is 2.84 bits per heavy atom. The van der Waals surface area contributed by atoms with Gasteiger partial charge in [0, 0.05) is 31.5 Å². The number of nitriles is 1. The van der Waals surface area contributed by atoms with E-state index in [0.29, 0.717) is 11.4 Å². The smallest absolute Gasteiger partial charge is 0.143 e. The number of aromatic nitrogens is 1. The summed E-state index contributed by atoms with van der Waals surface area (Å²) >= 11 is 0. The Kier molecular flexibility index (Phi) is 4.35. The summed E-state index contributed by atoms with van der Waals surface area (Å²) in [6.07, 6.45) is 3.68. The van der Waals surface area contributed by atoms with Gasteiger partial charge < -0.3 is 15.0 Å². The van der Waals surface area contributed by atoms with Crippen LogP contribution in [0.3, 0.4) is 0 Å². The van der Waals surface area contributed by atoms with Crippen LogP contribution in [0.15, 0.2) is 18.3 Å². The molecule has 1 aromatic rings. The molecule has 1 N–H and O–H groups in total. The van der Waals surface area contributed by atoms with Gasteiger partial charge in [-0.3, -0.25) is 0 Å². The minimum absolute atomic E-state index is 0.0719. The summed E-state index contributed by atoms with van der Waals surface area (Å²) in [6.45, 7) is 2.34. The first-order valence-electron chi connectivity index (χ1n) is 6.52. The predicted molar refractivity (Wildman–Crippen MR) is 73.9 cm³/mol. The van der Waals surface area contributed by atoms with Gasteiger partial charge in [0.1, 0.15) is 11.9 Å². The zero-order valence-corrected chi connectivity index (χ0v) is 11.5. The van der Waals surface area contributed by atoms with E-state index in [9.17, 15) is 0 Å². The van der Waals surface area contributed by atoms with E-state index in [1.165, 1.54) is 0 Å². The van der Waals surface area contributed by atoms with Crippen molar-refractivity contribution < 1.29 is 4.74 Å². The van der Waals surface area contributed by atoms with E-state index in [1.54, 1.807) is 18.3 Å². The van der Waals surface area contributed by atoms with Crippen LogP contribution in [0.2, 0.25) is 0 Å². The van der Waals surface area contributed by atoms with Gasteiger partial charge in [-0.25, -0.2) is 4.98 Å². The molecule has 1 fully saturated rings. The number of nitrogens with one attached hydrogen (secondary N) is 1. The van der Waals surface area contributed by atoms with Crippen molar-refractivity contribution >= 4 is 5.82 Å². The van der Waals surface area contributed by atoms with Crippen LogP contribution in [0.1, 0.15) is 18.4 Å². The second-order valence-corrected chi connectivity index (χ2v) is 5.10. The van der Waals surface area contributed by atoms with Crippen molar-refractivity contribution in [1.29, 1.82) is 5.26 Å². The predicted octanol–water partition coefficient (Wildman–Crippen LogP) is 1.48. The molecule has 1 aliphatic heterocycles. The van der Waals surface area contributed by atoms with E-state index in [-0.39, 0.29) is 5.54 Å². The molecule has 0 spiro atoms. The van der Waals surface area contributed by atoms with Gasteiger partial charge in [0.2, 0.25) is 0 Å². The Morgan fingerprint density at radius 1 is 1.47 bits per heavy atom. The number of ether oxygens (including phenoxy) is 1. The van der Waals surface area contributed by atoms with E-state index in [0.717, 1.165) is 32.6 Å². The minimum Gasteiger partial charge on any atom is -0.381 e. The van der Waals surface area contributed by atoms with Crippen molar-refractivity contribution in [2.75, 3.05) is 39.2 Å². The molecule has 0 bridgehead atoms. The number of hydrogen-bond acceptors (Lipinski definition) is 5. The van der Waals surface area contributed by atoms with Gasteiger partial charge in [-0.15, -0.1) is 0 Å². The van der Waals surface area contributed by atoms with Gasteiger partial charge in [0.05, 0.1) is 5.56 Å². The molecule has 0 aliphatic carbocycles. The third-order valence-corrected chi connectivity index (χ3v) is 3.89. The highest BCUT2D eigenvalue weighted by atomic mass is 16.5.